The van der Waals surface area contributed by atoms with Gasteiger partial charge >= 0.3 is 0 Å². The van der Waals surface area contributed by atoms with Gasteiger partial charge in [0.25, 0.3) is 0 Å². The summed E-state index contributed by atoms with van der Waals surface area (Å²) in [5.41, 5.74) is 4.03. The fourth-order valence-corrected chi connectivity index (χ4v) is 4.53. The first-order valence-corrected chi connectivity index (χ1v) is 9.88. The zero-order chi connectivity index (χ0) is 20.5. The lowest BCUT2D eigenvalue weighted by molar-refractivity contribution is 0.353. The number of rotatable bonds is 6. The van der Waals surface area contributed by atoms with Crippen LogP contribution in [-0.4, -0.2) is 40.7 Å². The molecule has 0 aromatic heterocycles. The van der Waals surface area contributed by atoms with Crippen LogP contribution in [0.3, 0.4) is 0 Å². The summed E-state index contributed by atoms with van der Waals surface area (Å²) < 4.78 is 22.9. The molecular weight excluding hydrogens is 422 g/mol. The average molecular weight is 448 g/mol. The van der Waals surface area contributed by atoms with E-state index in [1.807, 2.05) is 18.2 Å². The largest absolute Gasteiger partial charge is 0.493 e. The molecule has 150 valence electrons. The second kappa shape index (κ2) is 8.03. The van der Waals surface area contributed by atoms with Gasteiger partial charge in [-0.1, -0.05) is 29.8 Å². The maximum absolute atomic E-state index is 5.53. The molecule has 0 saturated carbocycles. The Morgan fingerprint density at radius 1 is 0.821 bits per heavy atom. The van der Waals surface area contributed by atoms with Gasteiger partial charge in [-0.2, -0.15) is 0 Å². The van der Waals surface area contributed by atoms with Crippen LogP contribution in [0.2, 0.25) is 0 Å². The third kappa shape index (κ3) is 3.46. The highest BCUT2D eigenvalue weighted by Gasteiger charge is 2.34. The van der Waals surface area contributed by atoms with E-state index in [1.165, 1.54) is 5.56 Å². The first-order valence-electron chi connectivity index (χ1n) is 9.09. The van der Waals surface area contributed by atoms with Gasteiger partial charge in [0.05, 0.1) is 34.2 Å². The number of aliphatic imine (C=N–C) groups is 1. The summed E-state index contributed by atoms with van der Waals surface area (Å²) in [6.45, 7) is 5.08. The minimum absolute atomic E-state index is 0.368. The molecule has 28 heavy (non-hydrogen) atoms. The molecule has 1 heterocycles. The van der Waals surface area contributed by atoms with Gasteiger partial charge in [-0.15, -0.1) is 0 Å². The molecule has 5 nitrogen and oxygen atoms in total. The van der Waals surface area contributed by atoms with Crippen molar-refractivity contribution in [3.05, 3.63) is 45.4 Å². The van der Waals surface area contributed by atoms with Crippen LogP contribution < -0.4 is 18.9 Å². The van der Waals surface area contributed by atoms with Crippen LogP contribution in [0.4, 0.5) is 0 Å². The molecule has 0 bridgehead atoms. The molecule has 0 N–H and O–H groups in total. The fourth-order valence-electron chi connectivity index (χ4n) is 3.72. The Morgan fingerprint density at radius 2 is 1.36 bits per heavy atom. The lowest BCUT2D eigenvalue weighted by Gasteiger charge is -2.33. The summed E-state index contributed by atoms with van der Waals surface area (Å²) in [6.07, 6.45) is 0.877. The van der Waals surface area contributed by atoms with E-state index in [2.05, 4.69) is 35.8 Å². The number of ether oxygens (including phenoxy) is 4. The predicted octanol–water partition coefficient (Wildman–Crippen LogP) is 4.81. The number of benzene rings is 2. The molecule has 0 amide bonds. The van der Waals surface area contributed by atoms with E-state index in [-0.39, 0.29) is 5.41 Å². The second-order valence-electron chi connectivity index (χ2n) is 7.16. The first kappa shape index (κ1) is 20.5. The van der Waals surface area contributed by atoms with Crippen molar-refractivity contribution in [3.63, 3.8) is 0 Å². The van der Waals surface area contributed by atoms with Crippen LogP contribution >= 0.6 is 15.9 Å². The highest BCUT2D eigenvalue weighted by atomic mass is 79.9. The van der Waals surface area contributed by atoms with E-state index < -0.39 is 0 Å². The fraction of sp³-hybridized carbons (Fsp3) is 0.409. The Balaban J connectivity index is 2.15. The van der Waals surface area contributed by atoms with Gasteiger partial charge in [-0.05, 0) is 41.8 Å². The van der Waals surface area contributed by atoms with Gasteiger partial charge in [-0.3, -0.25) is 4.99 Å². The monoisotopic (exact) mass is 447 g/mol. The van der Waals surface area contributed by atoms with Crippen molar-refractivity contribution in [1.29, 1.82) is 0 Å². The Hall–Kier alpha value is -2.21. The molecule has 0 radical (unpaired) electrons. The van der Waals surface area contributed by atoms with Gasteiger partial charge in [0.2, 0.25) is 0 Å². The van der Waals surface area contributed by atoms with Crippen LogP contribution in [0.5, 0.6) is 23.0 Å². The Kier molecular flexibility index (Phi) is 5.89. The van der Waals surface area contributed by atoms with Crippen molar-refractivity contribution in [2.45, 2.75) is 25.7 Å². The van der Waals surface area contributed by atoms with Crippen molar-refractivity contribution in [2.24, 2.45) is 4.99 Å². The van der Waals surface area contributed by atoms with E-state index in [1.54, 1.807) is 28.4 Å². The van der Waals surface area contributed by atoms with Crippen LogP contribution in [0.25, 0.3) is 0 Å². The maximum atomic E-state index is 5.53. The van der Waals surface area contributed by atoms with Gasteiger partial charge in [0.15, 0.2) is 23.0 Å². The minimum atomic E-state index is -0.368. The van der Waals surface area contributed by atoms with Gasteiger partial charge in [-0.25, -0.2) is 0 Å². The molecule has 0 atom stereocenters. The Labute approximate surface area is 174 Å². The first-order chi connectivity index (χ1) is 13.4. The number of hydrogen-bond donors (Lipinski definition) is 0. The number of hydrogen-bond acceptors (Lipinski definition) is 5. The molecule has 1 aliphatic rings. The van der Waals surface area contributed by atoms with E-state index in [0.717, 1.165) is 40.0 Å². The van der Waals surface area contributed by atoms with Crippen LogP contribution in [0.15, 0.2) is 33.7 Å². The Bertz CT molecular complexity index is 921. The van der Waals surface area contributed by atoms with Gasteiger partial charge in [0, 0.05) is 22.0 Å². The zero-order valence-electron chi connectivity index (χ0n) is 17.2. The molecular formula is C22H26BrNO4. The van der Waals surface area contributed by atoms with Crippen molar-refractivity contribution in [3.8, 4) is 23.0 Å². The SMILES string of the molecule is COc1cc(Br)c(C(C)(C)C2=NCCc3cc(OC)c(OC)cc32)cc1OC. The number of halogens is 1. The Morgan fingerprint density at radius 3 is 1.96 bits per heavy atom. The van der Waals surface area contributed by atoms with Gasteiger partial charge in [0.1, 0.15) is 0 Å². The van der Waals surface area contributed by atoms with E-state index in [9.17, 15) is 0 Å². The maximum Gasteiger partial charge on any atom is 0.161 e. The highest BCUT2D eigenvalue weighted by molar-refractivity contribution is 9.10. The minimum Gasteiger partial charge on any atom is -0.493 e. The van der Waals surface area contributed by atoms with Crippen molar-refractivity contribution >= 4 is 21.6 Å². The lowest BCUT2D eigenvalue weighted by atomic mass is 9.75. The smallest absolute Gasteiger partial charge is 0.161 e. The topological polar surface area (TPSA) is 49.3 Å². The van der Waals surface area contributed by atoms with Gasteiger partial charge < -0.3 is 18.9 Å². The van der Waals surface area contributed by atoms with Crippen molar-refractivity contribution in [2.75, 3.05) is 35.0 Å². The van der Waals surface area contributed by atoms with Crippen molar-refractivity contribution < 1.29 is 18.9 Å². The van der Waals surface area contributed by atoms with Crippen molar-refractivity contribution in [1.82, 2.24) is 0 Å². The molecule has 1 aliphatic heterocycles. The summed E-state index contributed by atoms with van der Waals surface area (Å²) in [5, 5.41) is 0. The number of fused-ring (bicyclic) bond motifs is 1. The standard InChI is InChI=1S/C22H26BrNO4/c1-22(2,15-11-19(27-5)20(28-6)12-16(15)23)21-14-10-18(26-4)17(25-3)9-13(14)7-8-24-21/h9-12H,7-8H2,1-6H3. The average Bonchev–Trinajstić information content (AvgIpc) is 2.71. The summed E-state index contributed by atoms with van der Waals surface area (Å²) in [5.74, 6) is 2.83. The van der Waals surface area contributed by atoms with Crippen LogP contribution in [-0.2, 0) is 11.8 Å². The summed E-state index contributed by atoms with van der Waals surface area (Å²) in [4.78, 5) is 4.92. The zero-order valence-corrected chi connectivity index (χ0v) is 18.8. The molecule has 6 heteroatoms. The third-order valence-corrected chi connectivity index (χ3v) is 5.91. The molecule has 0 saturated heterocycles. The van der Waals surface area contributed by atoms with E-state index in [4.69, 9.17) is 23.9 Å². The summed E-state index contributed by atoms with van der Waals surface area (Å²) in [6, 6.07) is 8.04. The lowest BCUT2D eigenvalue weighted by Crippen LogP contribution is -2.33. The molecule has 2 aromatic carbocycles. The molecule has 2 aromatic rings. The molecule has 0 aliphatic carbocycles. The van der Waals surface area contributed by atoms with Crippen LogP contribution in [0, 0.1) is 0 Å². The predicted molar refractivity (Wildman–Crippen MR) is 115 cm³/mol. The summed E-state index contributed by atoms with van der Waals surface area (Å²) in [7, 11) is 6.59. The number of nitrogens with zero attached hydrogens (tertiary/aromatic N) is 1. The van der Waals surface area contributed by atoms with E-state index in [0.29, 0.717) is 17.2 Å². The quantitative estimate of drug-likeness (QED) is 0.637. The number of methoxy groups -OCH3 is 4. The normalized spacial score (nSPS) is 13.5. The molecule has 3 rings (SSSR count). The molecule has 0 unspecified atom stereocenters. The molecule has 0 fully saturated rings. The highest BCUT2D eigenvalue weighted by Crippen LogP contribution is 2.43. The summed E-state index contributed by atoms with van der Waals surface area (Å²) >= 11 is 3.71. The van der Waals surface area contributed by atoms with Crippen LogP contribution in [0.1, 0.15) is 30.5 Å². The second-order valence-corrected chi connectivity index (χ2v) is 8.01. The third-order valence-electron chi connectivity index (χ3n) is 5.25. The van der Waals surface area contributed by atoms with E-state index >= 15 is 0 Å². The molecule has 0 spiro atoms.